The Morgan fingerprint density at radius 2 is 1.80 bits per heavy atom. The maximum absolute atomic E-state index is 10.0. The maximum Gasteiger partial charge on any atom is 0.114 e. The van der Waals surface area contributed by atoms with E-state index < -0.39 is 5.60 Å². The highest BCUT2D eigenvalue weighted by molar-refractivity contribution is 5.16. The highest BCUT2D eigenvalue weighted by Crippen LogP contribution is 2.27. The Hall–Kier alpha value is -0.830. The van der Waals surface area contributed by atoms with Gasteiger partial charge in [0.1, 0.15) is 11.4 Å². The van der Waals surface area contributed by atoms with Gasteiger partial charge in [0.15, 0.2) is 0 Å². The van der Waals surface area contributed by atoms with Crippen LogP contribution in [0.25, 0.3) is 0 Å². The number of nitrogens with zero attached hydrogens (tertiary/aromatic N) is 2. The third-order valence-corrected chi connectivity index (χ3v) is 2.47. The maximum atomic E-state index is 10.0. The van der Waals surface area contributed by atoms with Gasteiger partial charge in [0, 0.05) is 12.0 Å². The molecule has 1 N–H and O–H groups in total. The molecule has 1 aromatic rings. The van der Waals surface area contributed by atoms with Gasteiger partial charge in [-0.2, -0.15) is 0 Å². The monoisotopic (exact) mass is 210 g/mol. The van der Waals surface area contributed by atoms with Crippen molar-refractivity contribution in [3.63, 3.8) is 0 Å². The van der Waals surface area contributed by atoms with E-state index in [0.717, 1.165) is 18.1 Å². The third kappa shape index (κ3) is 2.40. The van der Waals surface area contributed by atoms with E-state index in [1.165, 1.54) is 0 Å². The van der Waals surface area contributed by atoms with E-state index in [-0.39, 0.29) is 5.41 Å². The smallest absolute Gasteiger partial charge is 0.114 e. The van der Waals surface area contributed by atoms with Crippen LogP contribution in [0.3, 0.4) is 0 Å². The van der Waals surface area contributed by atoms with Crippen molar-refractivity contribution in [3.8, 4) is 0 Å². The van der Waals surface area contributed by atoms with Gasteiger partial charge in [-0.05, 0) is 20.8 Å². The van der Waals surface area contributed by atoms with Crippen LogP contribution in [0.15, 0.2) is 6.20 Å². The molecule has 0 atom stereocenters. The number of aromatic nitrogens is 2. The molecule has 0 radical (unpaired) electrons. The van der Waals surface area contributed by atoms with Crippen molar-refractivity contribution in [2.24, 2.45) is 0 Å². The molecule has 0 amide bonds. The third-order valence-electron chi connectivity index (χ3n) is 2.47. The average molecular weight is 210 g/mol. The Kier molecular flexibility index (Phi) is 2.97. The second kappa shape index (κ2) is 3.63. The summed E-state index contributed by atoms with van der Waals surface area (Å²) in [5, 5.41) is 10.0. The van der Waals surface area contributed by atoms with Crippen LogP contribution in [0, 0.1) is 0 Å². The van der Waals surface area contributed by atoms with Gasteiger partial charge < -0.3 is 9.67 Å². The fraction of sp³-hybridized carbons (Fsp3) is 0.750. The second-order valence-corrected chi connectivity index (χ2v) is 5.52. The average Bonchev–Trinajstić information content (AvgIpc) is 2.43. The van der Waals surface area contributed by atoms with Crippen molar-refractivity contribution in [1.82, 2.24) is 9.55 Å². The minimum Gasteiger partial charge on any atom is -0.384 e. The zero-order valence-electron chi connectivity index (χ0n) is 10.6. The number of rotatable bonds is 2. The Morgan fingerprint density at radius 3 is 2.13 bits per heavy atom. The number of hydrogen-bond acceptors (Lipinski definition) is 2. The van der Waals surface area contributed by atoms with Crippen molar-refractivity contribution in [1.29, 1.82) is 0 Å². The quantitative estimate of drug-likeness (QED) is 0.814. The summed E-state index contributed by atoms with van der Waals surface area (Å²) in [6, 6.07) is 0. The van der Waals surface area contributed by atoms with Gasteiger partial charge in [0.2, 0.25) is 0 Å². The summed E-state index contributed by atoms with van der Waals surface area (Å²) in [5.41, 5.74) is 0.0707. The summed E-state index contributed by atoms with van der Waals surface area (Å²) >= 11 is 0. The van der Waals surface area contributed by atoms with E-state index in [2.05, 4.69) is 37.2 Å². The van der Waals surface area contributed by atoms with Crippen LogP contribution in [-0.4, -0.2) is 14.7 Å². The number of hydrogen-bond donors (Lipinski definition) is 1. The van der Waals surface area contributed by atoms with E-state index in [1.807, 2.05) is 0 Å². The van der Waals surface area contributed by atoms with Gasteiger partial charge >= 0.3 is 0 Å². The standard InChI is InChI=1S/C12H22N2O/c1-7-14-9(12(5,6)15)8-13-10(14)11(2,3)4/h8,15H,7H2,1-6H3. The summed E-state index contributed by atoms with van der Waals surface area (Å²) in [6.45, 7) is 12.9. The zero-order valence-corrected chi connectivity index (χ0v) is 10.6. The molecule has 0 fully saturated rings. The molecule has 0 aliphatic carbocycles. The lowest BCUT2D eigenvalue weighted by Gasteiger charge is -2.24. The second-order valence-electron chi connectivity index (χ2n) is 5.52. The Balaban J connectivity index is 3.30. The van der Waals surface area contributed by atoms with Crippen molar-refractivity contribution in [2.45, 2.75) is 59.1 Å². The molecule has 0 unspecified atom stereocenters. The fourth-order valence-corrected chi connectivity index (χ4v) is 1.78. The molecule has 3 nitrogen and oxygen atoms in total. The van der Waals surface area contributed by atoms with Crippen LogP contribution in [0.1, 0.15) is 53.1 Å². The molecule has 1 rings (SSSR count). The number of imidazole rings is 1. The van der Waals surface area contributed by atoms with Crippen LogP contribution >= 0.6 is 0 Å². The molecule has 15 heavy (non-hydrogen) atoms. The molecular formula is C12H22N2O. The van der Waals surface area contributed by atoms with Gasteiger partial charge in [-0.15, -0.1) is 0 Å². The molecule has 0 bridgehead atoms. The van der Waals surface area contributed by atoms with E-state index in [9.17, 15) is 5.11 Å². The summed E-state index contributed by atoms with van der Waals surface area (Å²) in [6.07, 6.45) is 1.78. The molecule has 0 saturated carbocycles. The SMILES string of the molecule is CCn1c(C(C)(C)O)cnc1C(C)(C)C. The van der Waals surface area contributed by atoms with Crippen molar-refractivity contribution in [2.75, 3.05) is 0 Å². The summed E-state index contributed by atoms with van der Waals surface area (Å²) < 4.78 is 2.10. The van der Waals surface area contributed by atoms with Crippen molar-refractivity contribution in [3.05, 3.63) is 17.7 Å². The van der Waals surface area contributed by atoms with E-state index in [1.54, 1.807) is 20.0 Å². The van der Waals surface area contributed by atoms with Gasteiger partial charge in [-0.1, -0.05) is 20.8 Å². The highest BCUT2D eigenvalue weighted by atomic mass is 16.3. The lowest BCUT2D eigenvalue weighted by atomic mass is 9.95. The van der Waals surface area contributed by atoms with Crippen molar-refractivity contribution >= 4 is 0 Å². The molecule has 1 aromatic heterocycles. The highest BCUT2D eigenvalue weighted by Gasteiger charge is 2.27. The van der Waals surface area contributed by atoms with E-state index >= 15 is 0 Å². The molecule has 0 aliphatic rings. The minimum atomic E-state index is -0.827. The first kappa shape index (κ1) is 12.2. The molecule has 86 valence electrons. The first-order valence-corrected chi connectivity index (χ1v) is 5.46. The molecule has 1 heterocycles. The van der Waals surface area contributed by atoms with Gasteiger partial charge in [-0.3, -0.25) is 0 Å². The minimum absolute atomic E-state index is 0.0134. The normalized spacial score (nSPS) is 13.3. The number of aliphatic hydroxyl groups is 1. The predicted molar refractivity (Wildman–Crippen MR) is 61.8 cm³/mol. The topological polar surface area (TPSA) is 38.0 Å². The van der Waals surface area contributed by atoms with Crippen LogP contribution in [-0.2, 0) is 17.6 Å². The molecular weight excluding hydrogens is 188 g/mol. The first-order valence-electron chi connectivity index (χ1n) is 5.46. The lowest BCUT2D eigenvalue weighted by Crippen LogP contribution is -2.25. The van der Waals surface area contributed by atoms with Gasteiger partial charge in [0.05, 0.1) is 11.9 Å². The summed E-state index contributed by atoms with van der Waals surface area (Å²) in [7, 11) is 0. The van der Waals surface area contributed by atoms with Crippen molar-refractivity contribution < 1.29 is 5.11 Å². The molecule has 0 aliphatic heterocycles. The van der Waals surface area contributed by atoms with Crippen LogP contribution < -0.4 is 0 Å². The molecule has 0 saturated heterocycles. The van der Waals surface area contributed by atoms with E-state index in [4.69, 9.17) is 0 Å². The molecule has 0 aromatic carbocycles. The van der Waals surface area contributed by atoms with Crippen LogP contribution in [0.4, 0.5) is 0 Å². The Morgan fingerprint density at radius 1 is 1.27 bits per heavy atom. The summed E-state index contributed by atoms with van der Waals surface area (Å²) in [5.74, 6) is 1.03. The molecule has 3 heteroatoms. The van der Waals surface area contributed by atoms with Gasteiger partial charge in [0.25, 0.3) is 0 Å². The lowest BCUT2D eigenvalue weighted by molar-refractivity contribution is 0.0693. The summed E-state index contributed by atoms with van der Waals surface area (Å²) in [4.78, 5) is 4.43. The predicted octanol–water partition coefficient (Wildman–Crippen LogP) is 2.43. The van der Waals surface area contributed by atoms with Gasteiger partial charge in [-0.25, -0.2) is 4.98 Å². The Labute approximate surface area is 92.1 Å². The Bertz CT molecular complexity index is 308. The zero-order chi connectivity index (χ0) is 11.9. The van der Waals surface area contributed by atoms with E-state index in [0.29, 0.717) is 0 Å². The largest absolute Gasteiger partial charge is 0.384 e. The fourth-order valence-electron chi connectivity index (χ4n) is 1.78. The molecule has 0 spiro atoms. The van der Waals surface area contributed by atoms with Crippen LogP contribution in [0.5, 0.6) is 0 Å². The first-order chi connectivity index (χ1) is 6.68. The van der Waals surface area contributed by atoms with Crippen LogP contribution in [0.2, 0.25) is 0 Å².